The monoisotopic (exact) mass is 269 g/mol. The van der Waals surface area contributed by atoms with Crippen LogP contribution in [-0.4, -0.2) is 10.2 Å². The van der Waals surface area contributed by atoms with E-state index in [1.165, 1.54) is 0 Å². The maximum Gasteiger partial charge on any atom is 0.270 e. The molecule has 0 N–H and O–H groups in total. The first-order valence-electron chi connectivity index (χ1n) is 3.92. The van der Waals surface area contributed by atoms with Crippen molar-refractivity contribution in [2.75, 3.05) is 0 Å². The van der Waals surface area contributed by atoms with Crippen molar-refractivity contribution >= 4 is 43.5 Å². The summed E-state index contributed by atoms with van der Waals surface area (Å²) >= 11 is 8.69. The Morgan fingerprint density at radius 3 is 2.79 bits per heavy atom. The molecule has 0 aliphatic heterocycles. The zero-order valence-electron chi connectivity index (χ0n) is 7.00. The molecule has 0 radical (unpaired) electrons. The molecule has 0 aliphatic carbocycles. The van der Waals surface area contributed by atoms with Crippen LogP contribution in [0.3, 0.4) is 0 Å². The molecule has 0 unspecified atom stereocenters. The number of hydrogen-bond acceptors (Lipinski definition) is 2. The van der Waals surface area contributed by atoms with Crippen LogP contribution < -0.4 is 0 Å². The molecule has 0 saturated carbocycles. The molecule has 2 aromatic rings. The third kappa shape index (κ3) is 1.79. The van der Waals surface area contributed by atoms with Gasteiger partial charge >= 0.3 is 0 Å². The van der Waals surface area contributed by atoms with Crippen molar-refractivity contribution in [2.24, 2.45) is 0 Å². The number of benzene rings is 1. The van der Waals surface area contributed by atoms with Crippen molar-refractivity contribution in [3.8, 4) is 0 Å². The van der Waals surface area contributed by atoms with Gasteiger partial charge in [0.25, 0.3) is 5.24 Å². The molecular weight excluding hydrogens is 265 g/mol. The molecule has 0 bridgehead atoms. The fraction of sp³-hybridized carbons (Fsp3) is 0. The normalized spacial score (nSPS) is 10.4. The van der Waals surface area contributed by atoms with Gasteiger partial charge in [-0.1, -0.05) is 22.0 Å². The lowest BCUT2D eigenvalue weighted by Gasteiger charge is -1.99. The van der Waals surface area contributed by atoms with Gasteiger partial charge in [-0.15, -0.1) is 0 Å². The zero-order chi connectivity index (χ0) is 10.1. The molecule has 1 aromatic carbocycles. The lowest BCUT2D eigenvalue weighted by atomic mass is 10.1. The first kappa shape index (κ1) is 9.62. The lowest BCUT2D eigenvalue weighted by molar-refractivity contribution is 0.107. The Hall–Kier alpha value is -0.930. The highest BCUT2D eigenvalue weighted by molar-refractivity contribution is 9.10. The van der Waals surface area contributed by atoms with E-state index in [1.807, 2.05) is 18.2 Å². The van der Waals surface area contributed by atoms with Gasteiger partial charge in [0.1, 0.15) is 5.69 Å². The van der Waals surface area contributed by atoms with Crippen LogP contribution in [0.5, 0.6) is 0 Å². The van der Waals surface area contributed by atoms with Gasteiger partial charge in [-0.25, -0.2) is 0 Å². The average molecular weight is 271 g/mol. The molecular formula is C10H5BrClNO. The molecule has 0 spiro atoms. The van der Waals surface area contributed by atoms with Crippen molar-refractivity contribution < 1.29 is 4.79 Å². The van der Waals surface area contributed by atoms with Crippen molar-refractivity contribution in [2.45, 2.75) is 0 Å². The summed E-state index contributed by atoms with van der Waals surface area (Å²) in [7, 11) is 0. The Labute approximate surface area is 94.0 Å². The predicted molar refractivity (Wildman–Crippen MR) is 59.6 cm³/mol. The van der Waals surface area contributed by atoms with E-state index in [0.29, 0.717) is 0 Å². The van der Waals surface area contributed by atoms with E-state index in [2.05, 4.69) is 20.9 Å². The first-order valence-corrected chi connectivity index (χ1v) is 5.09. The fourth-order valence-electron chi connectivity index (χ4n) is 1.22. The summed E-state index contributed by atoms with van der Waals surface area (Å²) in [6.45, 7) is 0. The number of pyridine rings is 1. The van der Waals surface area contributed by atoms with Crippen molar-refractivity contribution in [1.29, 1.82) is 0 Å². The van der Waals surface area contributed by atoms with E-state index in [1.54, 1.807) is 12.3 Å². The SMILES string of the molecule is O=C(Cl)c1cc2cc(Br)ccc2cn1. The third-order valence-electron chi connectivity index (χ3n) is 1.89. The van der Waals surface area contributed by atoms with E-state index >= 15 is 0 Å². The largest absolute Gasteiger partial charge is 0.274 e. The highest BCUT2D eigenvalue weighted by Crippen LogP contribution is 2.20. The van der Waals surface area contributed by atoms with Crippen LogP contribution >= 0.6 is 27.5 Å². The van der Waals surface area contributed by atoms with Crippen LogP contribution in [0.25, 0.3) is 10.8 Å². The predicted octanol–water partition coefficient (Wildman–Crippen LogP) is 3.38. The summed E-state index contributed by atoms with van der Waals surface area (Å²) in [5.41, 5.74) is 0.275. The molecule has 0 amide bonds. The molecule has 0 fully saturated rings. The van der Waals surface area contributed by atoms with E-state index in [4.69, 9.17) is 11.6 Å². The van der Waals surface area contributed by atoms with Crippen LogP contribution in [0.1, 0.15) is 10.5 Å². The minimum absolute atomic E-state index is 0.275. The fourth-order valence-corrected chi connectivity index (χ4v) is 1.70. The second kappa shape index (κ2) is 3.67. The third-order valence-corrected chi connectivity index (χ3v) is 2.57. The summed E-state index contributed by atoms with van der Waals surface area (Å²) in [4.78, 5) is 14.8. The second-order valence-corrected chi connectivity index (χ2v) is 4.09. The molecule has 2 nitrogen and oxygen atoms in total. The van der Waals surface area contributed by atoms with Crippen LogP contribution in [-0.2, 0) is 0 Å². The maximum absolute atomic E-state index is 10.9. The highest BCUT2D eigenvalue weighted by atomic mass is 79.9. The zero-order valence-corrected chi connectivity index (χ0v) is 9.34. The van der Waals surface area contributed by atoms with Crippen LogP contribution in [0.2, 0.25) is 0 Å². The molecule has 1 heterocycles. The molecule has 14 heavy (non-hydrogen) atoms. The van der Waals surface area contributed by atoms with Gasteiger partial charge in [-0.05, 0) is 35.2 Å². The molecule has 1 aromatic heterocycles. The van der Waals surface area contributed by atoms with Gasteiger partial charge in [0, 0.05) is 16.1 Å². The van der Waals surface area contributed by atoms with Gasteiger partial charge < -0.3 is 0 Å². The second-order valence-electron chi connectivity index (χ2n) is 2.83. The summed E-state index contributed by atoms with van der Waals surface area (Å²) < 4.78 is 0.962. The lowest BCUT2D eigenvalue weighted by Crippen LogP contribution is -1.92. The number of carbonyl (C=O) groups excluding carboxylic acids is 1. The van der Waals surface area contributed by atoms with Gasteiger partial charge in [0.2, 0.25) is 0 Å². The maximum atomic E-state index is 10.9. The Bertz CT molecular complexity index is 512. The quantitative estimate of drug-likeness (QED) is 0.744. The summed E-state index contributed by atoms with van der Waals surface area (Å²) in [5, 5.41) is 1.39. The van der Waals surface area contributed by atoms with Crippen LogP contribution in [0.15, 0.2) is 34.9 Å². The van der Waals surface area contributed by atoms with Crippen molar-refractivity contribution in [3.05, 3.63) is 40.6 Å². The number of hydrogen-bond donors (Lipinski definition) is 0. The first-order chi connectivity index (χ1) is 6.66. The summed E-state index contributed by atoms with van der Waals surface area (Å²) in [5.74, 6) is 0. The topological polar surface area (TPSA) is 30.0 Å². The Morgan fingerprint density at radius 1 is 1.29 bits per heavy atom. The number of halogens is 2. The molecule has 0 aliphatic rings. The number of nitrogens with zero attached hydrogens (tertiary/aromatic N) is 1. The van der Waals surface area contributed by atoms with E-state index in [0.717, 1.165) is 15.2 Å². The van der Waals surface area contributed by atoms with Gasteiger partial charge in [-0.3, -0.25) is 9.78 Å². The Balaban J connectivity index is 2.69. The average Bonchev–Trinajstić information content (AvgIpc) is 2.16. The Kier molecular flexibility index (Phi) is 2.52. The highest BCUT2D eigenvalue weighted by Gasteiger charge is 2.04. The number of aromatic nitrogens is 1. The smallest absolute Gasteiger partial charge is 0.270 e. The van der Waals surface area contributed by atoms with E-state index in [9.17, 15) is 4.79 Å². The van der Waals surface area contributed by atoms with Gasteiger partial charge in [-0.2, -0.15) is 0 Å². The minimum Gasteiger partial charge on any atom is -0.274 e. The minimum atomic E-state index is -0.535. The summed E-state index contributed by atoms with van der Waals surface area (Å²) in [6, 6.07) is 7.44. The van der Waals surface area contributed by atoms with E-state index in [-0.39, 0.29) is 5.69 Å². The van der Waals surface area contributed by atoms with Crippen molar-refractivity contribution in [1.82, 2.24) is 4.98 Å². The number of fused-ring (bicyclic) bond motifs is 1. The molecule has 4 heteroatoms. The van der Waals surface area contributed by atoms with Crippen LogP contribution in [0.4, 0.5) is 0 Å². The van der Waals surface area contributed by atoms with E-state index < -0.39 is 5.24 Å². The molecule has 70 valence electrons. The molecule has 0 atom stereocenters. The van der Waals surface area contributed by atoms with Crippen molar-refractivity contribution in [3.63, 3.8) is 0 Å². The Morgan fingerprint density at radius 2 is 2.07 bits per heavy atom. The molecule has 2 rings (SSSR count). The number of carbonyl (C=O) groups is 1. The van der Waals surface area contributed by atoms with Crippen LogP contribution in [0, 0.1) is 0 Å². The molecule has 0 saturated heterocycles. The standard InChI is InChI=1S/C10H5BrClNO/c11-8-2-1-6-5-13-9(10(12)14)4-7(6)3-8/h1-5H. The summed E-state index contributed by atoms with van der Waals surface area (Å²) in [6.07, 6.45) is 1.64. The van der Waals surface area contributed by atoms with Gasteiger partial charge in [0.05, 0.1) is 0 Å². The van der Waals surface area contributed by atoms with Gasteiger partial charge in [0.15, 0.2) is 0 Å². The number of rotatable bonds is 1.